The lowest BCUT2D eigenvalue weighted by molar-refractivity contribution is 1.29. The van der Waals surface area contributed by atoms with E-state index in [2.05, 4.69) is 266 Å². The average Bonchev–Trinajstić information content (AvgIpc) is 3.40. The zero-order chi connectivity index (χ0) is 44.3. The molecule has 0 atom stereocenters. The minimum Gasteiger partial charge on any atom is -0.310 e. The van der Waals surface area contributed by atoms with Crippen LogP contribution in [0.25, 0.3) is 109 Å². The van der Waals surface area contributed by atoms with Crippen molar-refractivity contribution in [1.82, 2.24) is 0 Å². The summed E-state index contributed by atoms with van der Waals surface area (Å²) in [5.74, 6) is 0. The van der Waals surface area contributed by atoms with Gasteiger partial charge < -0.3 is 4.90 Å². The highest BCUT2D eigenvalue weighted by molar-refractivity contribution is 6.21. The highest BCUT2D eigenvalue weighted by Crippen LogP contribution is 2.45. The molecule has 0 unspecified atom stereocenters. The smallest absolute Gasteiger partial charge is 0.0474 e. The third kappa shape index (κ3) is 6.63. The molecule has 1 heteroatoms. The summed E-state index contributed by atoms with van der Waals surface area (Å²) in [6.07, 6.45) is 0. The van der Waals surface area contributed by atoms with E-state index in [0.717, 1.165) is 22.6 Å². The van der Waals surface area contributed by atoms with Gasteiger partial charge in [-0.05, 0) is 158 Å². The molecule has 13 aromatic rings. The highest BCUT2D eigenvalue weighted by atomic mass is 15.1. The number of hydrogen-bond donors (Lipinski definition) is 0. The number of hydrogen-bond acceptors (Lipinski definition) is 1. The SMILES string of the molecule is c1ccc(-c2cc(N(c3ccc(-c4cc5ccccc5c5ccccc45)cc3)c3cccc(-c4ccccc4-c4cc5c6ccccc6ccc5c5ccccc45)c3)cc3ccccc23)cc1. The molecule has 0 bridgehead atoms. The van der Waals surface area contributed by atoms with Crippen molar-refractivity contribution in [1.29, 1.82) is 0 Å². The van der Waals surface area contributed by atoms with Crippen LogP contribution in [0.15, 0.2) is 261 Å². The molecule has 0 heterocycles. The predicted molar refractivity (Wildman–Crippen MR) is 288 cm³/mol. The zero-order valence-electron chi connectivity index (χ0n) is 36.8. The third-order valence-electron chi connectivity index (χ3n) is 13.8. The van der Waals surface area contributed by atoms with Crippen LogP contribution in [0, 0.1) is 0 Å². The Bertz CT molecular complexity index is 4030. The molecule has 0 aromatic heterocycles. The van der Waals surface area contributed by atoms with Crippen molar-refractivity contribution in [2.75, 3.05) is 4.90 Å². The molecule has 312 valence electrons. The molecule has 0 aliphatic heterocycles. The molecule has 0 saturated heterocycles. The normalized spacial score (nSPS) is 11.6. The maximum Gasteiger partial charge on any atom is 0.0474 e. The molecule has 13 rings (SSSR count). The molecule has 13 aromatic carbocycles. The van der Waals surface area contributed by atoms with E-state index in [-0.39, 0.29) is 0 Å². The quantitative estimate of drug-likeness (QED) is 0.144. The van der Waals surface area contributed by atoms with Crippen LogP contribution < -0.4 is 4.90 Å². The Morgan fingerprint density at radius 2 is 0.687 bits per heavy atom. The summed E-state index contributed by atoms with van der Waals surface area (Å²) in [6, 6.07) is 96.0. The van der Waals surface area contributed by atoms with Crippen LogP contribution in [0.1, 0.15) is 0 Å². The lowest BCUT2D eigenvalue weighted by Crippen LogP contribution is -2.10. The maximum absolute atomic E-state index is 2.44. The van der Waals surface area contributed by atoms with Crippen molar-refractivity contribution in [2.45, 2.75) is 0 Å². The van der Waals surface area contributed by atoms with Gasteiger partial charge in [-0.3, -0.25) is 0 Å². The fourth-order valence-corrected chi connectivity index (χ4v) is 10.7. The Hall–Kier alpha value is -8.78. The van der Waals surface area contributed by atoms with E-state index in [1.165, 1.54) is 104 Å². The number of anilines is 3. The van der Waals surface area contributed by atoms with Gasteiger partial charge in [0.2, 0.25) is 0 Å². The van der Waals surface area contributed by atoms with Gasteiger partial charge in [0.05, 0.1) is 0 Å². The molecule has 0 aliphatic rings. The number of fused-ring (bicyclic) bond motifs is 9. The van der Waals surface area contributed by atoms with E-state index in [9.17, 15) is 0 Å². The van der Waals surface area contributed by atoms with Crippen LogP contribution in [0.5, 0.6) is 0 Å². The van der Waals surface area contributed by atoms with Gasteiger partial charge in [-0.2, -0.15) is 0 Å². The summed E-state index contributed by atoms with van der Waals surface area (Å²) < 4.78 is 0. The van der Waals surface area contributed by atoms with Gasteiger partial charge in [0.1, 0.15) is 0 Å². The monoisotopic (exact) mass is 849 g/mol. The summed E-state index contributed by atoms with van der Waals surface area (Å²) in [4.78, 5) is 2.44. The van der Waals surface area contributed by atoms with Crippen molar-refractivity contribution < 1.29 is 0 Å². The second kappa shape index (κ2) is 16.0. The molecule has 1 nitrogen and oxygen atoms in total. The van der Waals surface area contributed by atoms with Crippen LogP contribution in [0.3, 0.4) is 0 Å². The first-order chi connectivity index (χ1) is 33.2. The van der Waals surface area contributed by atoms with E-state index in [4.69, 9.17) is 0 Å². The first-order valence-electron chi connectivity index (χ1n) is 23.2. The van der Waals surface area contributed by atoms with Crippen LogP contribution >= 0.6 is 0 Å². The Labute approximate surface area is 390 Å². The van der Waals surface area contributed by atoms with Gasteiger partial charge in [0, 0.05) is 17.1 Å². The minimum atomic E-state index is 1.08. The number of rotatable bonds is 7. The number of benzene rings is 13. The molecule has 0 saturated carbocycles. The van der Waals surface area contributed by atoms with E-state index in [1.54, 1.807) is 0 Å². The topological polar surface area (TPSA) is 3.24 Å². The molecular weight excluding hydrogens is 807 g/mol. The summed E-state index contributed by atoms with van der Waals surface area (Å²) in [5, 5.41) is 15.1. The molecule has 0 spiro atoms. The van der Waals surface area contributed by atoms with Gasteiger partial charge >= 0.3 is 0 Å². The minimum absolute atomic E-state index is 1.08. The molecule has 0 radical (unpaired) electrons. The van der Waals surface area contributed by atoms with Crippen LogP contribution in [-0.4, -0.2) is 0 Å². The molecule has 0 N–H and O–H groups in total. The van der Waals surface area contributed by atoms with Crippen molar-refractivity contribution in [3.8, 4) is 44.5 Å². The van der Waals surface area contributed by atoms with Gasteiger partial charge in [-0.25, -0.2) is 0 Å². The zero-order valence-corrected chi connectivity index (χ0v) is 36.8. The van der Waals surface area contributed by atoms with Gasteiger partial charge in [0.25, 0.3) is 0 Å². The van der Waals surface area contributed by atoms with Crippen LogP contribution in [-0.2, 0) is 0 Å². The lowest BCUT2D eigenvalue weighted by Gasteiger charge is -2.28. The Balaban J connectivity index is 1.00. The second-order valence-electron chi connectivity index (χ2n) is 17.6. The van der Waals surface area contributed by atoms with E-state index in [0.29, 0.717) is 0 Å². The molecule has 0 amide bonds. The average molecular weight is 850 g/mol. The Morgan fingerprint density at radius 1 is 0.179 bits per heavy atom. The van der Waals surface area contributed by atoms with Crippen LogP contribution in [0.2, 0.25) is 0 Å². The first-order valence-corrected chi connectivity index (χ1v) is 23.2. The maximum atomic E-state index is 2.44. The van der Waals surface area contributed by atoms with E-state index < -0.39 is 0 Å². The van der Waals surface area contributed by atoms with Crippen molar-refractivity contribution in [3.63, 3.8) is 0 Å². The van der Waals surface area contributed by atoms with E-state index in [1.807, 2.05) is 0 Å². The number of nitrogens with zero attached hydrogens (tertiary/aromatic N) is 1. The second-order valence-corrected chi connectivity index (χ2v) is 17.6. The summed E-state index contributed by atoms with van der Waals surface area (Å²) in [6.45, 7) is 0. The summed E-state index contributed by atoms with van der Waals surface area (Å²) in [7, 11) is 0. The Kier molecular flexibility index (Phi) is 9.25. The van der Waals surface area contributed by atoms with Gasteiger partial charge in [-0.1, -0.05) is 212 Å². The fourth-order valence-electron chi connectivity index (χ4n) is 10.7. The van der Waals surface area contributed by atoms with E-state index >= 15 is 0 Å². The lowest BCUT2D eigenvalue weighted by atomic mass is 9.87. The summed E-state index contributed by atoms with van der Waals surface area (Å²) >= 11 is 0. The summed E-state index contributed by atoms with van der Waals surface area (Å²) in [5.41, 5.74) is 12.9. The largest absolute Gasteiger partial charge is 0.310 e. The standard InChI is InChI=1S/C66H43N/c1-2-17-44(18-3-1)64-42-52(40-47-20-5-9-27-56(47)64)67(50-36-33-46(34-37-50)63-41-49-21-6-8-25-55(49)57-28-12-14-31-60(57)63)51-23-16-22-48(39-51)54-26-10-11-29-58(54)66-43-65-53-24-7-4-19-45(53)35-38-62(65)59-30-13-15-32-61(59)66/h1-43H. The first kappa shape index (κ1) is 38.7. The molecule has 0 fully saturated rings. The predicted octanol–water partition coefficient (Wildman–Crippen LogP) is 18.7. The van der Waals surface area contributed by atoms with Crippen molar-refractivity contribution >= 4 is 81.7 Å². The highest BCUT2D eigenvalue weighted by Gasteiger charge is 2.20. The van der Waals surface area contributed by atoms with Gasteiger partial charge in [0.15, 0.2) is 0 Å². The molecular formula is C66H43N. The van der Waals surface area contributed by atoms with Crippen molar-refractivity contribution in [2.24, 2.45) is 0 Å². The molecule has 67 heavy (non-hydrogen) atoms. The van der Waals surface area contributed by atoms with Gasteiger partial charge in [-0.15, -0.1) is 0 Å². The third-order valence-corrected chi connectivity index (χ3v) is 13.8. The fraction of sp³-hybridized carbons (Fsp3) is 0. The van der Waals surface area contributed by atoms with Crippen molar-refractivity contribution in [3.05, 3.63) is 261 Å². The Morgan fingerprint density at radius 3 is 1.43 bits per heavy atom. The van der Waals surface area contributed by atoms with Crippen LogP contribution in [0.4, 0.5) is 17.1 Å². The molecule has 0 aliphatic carbocycles.